The molecular formula is C24H25N3O4. The van der Waals surface area contributed by atoms with Crippen molar-refractivity contribution in [2.75, 3.05) is 13.7 Å². The summed E-state index contributed by atoms with van der Waals surface area (Å²) in [5.74, 6) is 0.0178. The number of rotatable bonds is 7. The van der Waals surface area contributed by atoms with Crippen molar-refractivity contribution in [3.63, 3.8) is 0 Å². The molecule has 3 aromatic rings. The number of aromatic nitrogens is 1. The Balaban J connectivity index is 1.77. The molecule has 2 aromatic carbocycles. The Kier molecular flexibility index (Phi) is 6.87. The second-order valence-corrected chi connectivity index (χ2v) is 6.86. The third-order valence-corrected chi connectivity index (χ3v) is 4.81. The van der Waals surface area contributed by atoms with E-state index in [1.807, 2.05) is 36.6 Å². The minimum absolute atomic E-state index is 0.310. The molecule has 0 saturated carbocycles. The Morgan fingerprint density at radius 3 is 2.48 bits per heavy atom. The van der Waals surface area contributed by atoms with Crippen LogP contribution in [0.2, 0.25) is 0 Å². The van der Waals surface area contributed by atoms with Crippen molar-refractivity contribution in [3.8, 4) is 11.4 Å². The smallest absolute Gasteiger partial charge is 0.338 e. The normalized spacial score (nSPS) is 10.8. The van der Waals surface area contributed by atoms with Crippen LogP contribution in [0.3, 0.4) is 0 Å². The molecule has 31 heavy (non-hydrogen) atoms. The van der Waals surface area contributed by atoms with E-state index in [2.05, 4.69) is 10.5 Å². The molecule has 0 aliphatic heterocycles. The minimum Gasteiger partial charge on any atom is -0.497 e. The molecule has 0 unspecified atom stereocenters. The number of ether oxygens (including phenoxy) is 2. The zero-order chi connectivity index (χ0) is 22.4. The maximum atomic E-state index is 12.3. The first kappa shape index (κ1) is 21.8. The summed E-state index contributed by atoms with van der Waals surface area (Å²) in [4.78, 5) is 24.3. The lowest BCUT2D eigenvalue weighted by molar-refractivity contribution is 0.0526. The lowest BCUT2D eigenvalue weighted by atomic mass is 10.2. The molecule has 0 aliphatic carbocycles. The van der Waals surface area contributed by atoms with Gasteiger partial charge in [-0.25, -0.2) is 10.2 Å². The van der Waals surface area contributed by atoms with Gasteiger partial charge in [0, 0.05) is 28.2 Å². The van der Waals surface area contributed by atoms with Crippen molar-refractivity contribution in [2.24, 2.45) is 5.10 Å². The summed E-state index contributed by atoms with van der Waals surface area (Å²) in [5.41, 5.74) is 7.13. The highest BCUT2D eigenvalue weighted by Gasteiger charge is 2.13. The van der Waals surface area contributed by atoms with Crippen LogP contribution in [0.5, 0.6) is 5.75 Å². The number of hydrogen-bond acceptors (Lipinski definition) is 5. The van der Waals surface area contributed by atoms with E-state index in [1.165, 1.54) is 0 Å². The lowest BCUT2D eigenvalue weighted by Gasteiger charge is -2.11. The van der Waals surface area contributed by atoms with Crippen molar-refractivity contribution in [1.82, 2.24) is 9.99 Å². The number of hydrogen-bond donors (Lipinski definition) is 1. The molecule has 0 atom stereocenters. The molecule has 160 valence electrons. The lowest BCUT2D eigenvalue weighted by Crippen LogP contribution is -2.17. The molecule has 0 fully saturated rings. The number of benzene rings is 2. The van der Waals surface area contributed by atoms with Gasteiger partial charge in [-0.3, -0.25) is 4.79 Å². The van der Waals surface area contributed by atoms with Gasteiger partial charge in [-0.05, 0) is 69.3 Å². The molecule has 0 saturated heterocycles. The van der Waals surface area contributed by atoms with Gasteiger partial charge in [0.2, 0.25) is 0 Å². The number of aryl methyl sites for hydroxylation is 1. The number of carbonyl (C=O) groups excluding carboxylic acids is 2. The number of methoxy groups -OCH3 is 1. The molecule has 7 heteroatoms. The Hall–Kier alpha value is -3.87. The molecule has 1 N–H and O–H groups in total. The average molecular weight is 419 g/mol. The summed E-state index contributed by atoms with van der Waals surface area (Å²) in [5, 5.41) is 4.10. The third-order valence-electron chi connectivity index (χ3n) is 4.81. The van der Waals surface area contributed by atoms with Crippen LogP contribution < -0.4 is 10.2 Å². The molecule has 7 nitrogen and oxygen atoms in total. The maximum absolute atomic E-state index is 12.3. The largest absolute Gasteiger partial charge is 0.497 e. The Bertz CT molecular complexity index is 1110. The average Bonchev–Trinajstić information content (AvgIpc) is 3.07. The van der Waals surface area contributed by atoms with E-state index in [-0.39, 0.29) is 11.9 Å². The van der Waals surface area contributed by atoms with Crippen LogP contribution in [0.4, 0.5) is 0 Å². The number of nitrogens with one attached hydrogen (secondary N) is 1. The second-order valence-electron chi connectivity index (χ2n) is 6.86. The highest BCUT2D eigenvalue weighted by molar-refractivity contribution is 5.95. The Morgan fingerprint density at radius 1 is 1.06 bits per heavy atom. The highest BCUT2D eigenvalue weighted by Crippen LogP contribution is 2.21. The van der Waals surface area contributed by atoms with E-state index in [1.54, 1.807) is 56.6 Å². The molecule has 3 rings (SSSR count). The van der Waals surface area contributed by atoms with Crippen LogP contribution in [-0.2, 0) is 4.74 Å². The fraction of sp³-hybridized carbons (Fsp3) is 0.208. The van der Waals surface area contributed by atoms with E-state index in [4.69, 9.17) is 9.47 Å². The first-order chi connectivity index (χ1) is 14.9. The first-order valence-electron chi connectivity index (χ1n) is 9.88. The monoisotopic (exact) mass is 419 g/mol. The van der Waals surface area contributed by atoms with E-state index in [9.17, 15) is 9.59 Å². The summed E-state index contributed by atoms with van der Waals surface area (Å²) in [6, 6.07) is 16.0. The molecule has 0 aliphatic rings. The van der Waals surface area contributed by atoms with E-state index in [0.717, 1.165) is 22.6 Å². The zero-order valence-corrected chi connectivity index (χ0v) is 18.0. The maximum Gasteiger partial charge on any atom is 0.338 e. The first-order valence-corrected chi connectivity index (χ1v) is 9.88. The molecule has 0 spiro atoms. The van der Waals surface area contributed by atoms with Crippen molar-refractivity contribution in [1.29, 1.82) is 0 Å². The van der Waals surface area contributed by atoms with Gasteiger partial charge in [-0.2, -0.15) is 5.10 Å². The summed E-state index contributed by atoms with van der Waals surface area (Å²) in [6.45, 7) is 6.03. The van der Waals surface area contributed by atoms with E-state index in [0.29, 0.717) is 23.5 Å². The Labute approximate surface area is 181 Å². The van der Waals surface area contributed by atoms with Crippen molar-refractivity contribution < 1.29 is 19.1 Å². The fourth-order valence-corrected chi connectivity index (χ4v) is 3.27. The van der Waals surface area contributed by atoms with Crippen molar-refractivity contribution >= 4 is 18.1 Å². The molecule has 1 aromatic heterocycles. The highest BCUT2D eigenvalue weighted by atomic mass is 16.5. The van der Waals surface area contributed by atoms with Gasteiger partial charge in [0.25, 0.3) is 5.91 Å². The van der Waals surface area contributed by atoms with Crippen LogP contribution in [0.25, 0.3) is 5.69 Å². The SMILES string of the molecule is CCOC(=O)c1cccc(-n2c(C)cc(/C=N\NC(=O)c3ccc(OC)cc3)c2C)c1. The second kappa shape index (κ2) is 9.75. The summed E-state index contributed by atoms with van der Waals surface area (Å²) in [6.07, 6.45) is 1.61. The summed E-state index contributed by atoms with van der Waals surface area (Å²) in [7, 11) is 1.57. The zero-order valence-electron chi connectivity index (χ0n) is 18.0. The molecule has 0 bridgehead atoms. The quantitative estimate of drug-likeness (QED) is 0.356. The third kappa shape index (κ3) is 5.01. The Morgan fingerprint density at radius 2 is 1.81 bits per heavy atom. The van der Waals surface area contributed by atoms with Gasteiger partial charge in [0.05, 0.1) is 25.5 Å². The number of esters is 1. The van der Waals surface area contributed by atoms with Gasteiger partial charge in [0.15, 0.2) is 0 Å². The van der Waals surface area contributed by atoms with Gasteiger partial charge >= 0.3 is 5.97 Å². The molecular weight excluding hydrogens is 394 g/mol. The number of amides is 1. The topological polar surface area (TPSA) is 81.9 Å². The molecule has 1 amide bonds. The summed E-state index contributed by atoms with van der Waals surface area (Å²) < 4.78 is 12.2. The van der Waals surface area contributed by atoms with Gasteiger partial charge < -0.3 is 14.0 Å². The minimum atomic E-state index is -0.352. The van der Waals surface area contributed by atoms with Gasteiger partial charge in [-0.15, -0.1) is 0 Å². The van der Waals surface area contributed by atoms with Crippen LogP contribution in [0, 0.1) is 13.8 Å². The number of nitrogens with zero attached hydrogens (tertiary/aromatic N) is 2. The van der Waals surface area contributed by atoms with Crippen LogP contribution in [0.1, 0.15) is 44.6 Å². The van der Waals surface area contributed by atoms with Crippen molar-refractivity contribution in [3.05, 3.63) is 82.7 Å². The molecule has 1 heterocycles. The van der Waals surface area contributed by atoms with Crippen LogP contribution in [0.15, 0.2) is 59.7 Å². The van der Waals surface area contributed by atoms with Crippen LogP contribution in [-0.4, -0.2) is 36.4 Å². The molecule has 0 radical (unpaired) electrons. The van der Waals surface area contributed by atoms with Gasteiger partial charge in [0.1, 0.15) is 5.75 Å². The standard InChI is InChI=1S/C24H25N3O4/c1-5-31-24(29)19-7-6-8-21(14-19)27-16(2)13-20(17(27)3)15-25-26-23(28)18-9-11-22(30-4)12-10-18/h6-15H,5H2,1-4H3,(H,26,28)/b25-15-. The number of hydrazone groups is 1. The van der Waals surface area contributed by atoms with Gasteiger partial charge in [-0.1, -0.05) is 6.07 Å². The fourth-order valence-electron chi connectivity index (χ4n) is 3.27. The number of carbonyl (C=O) groups is 2. The predicted octanol–water partition coefficient (Wildman–Crippen LogP) is 4.04. The van der Waals surface area contributed by atoms with Crippen molar-refractivity contribution in [2.45, 2.75) is 20.8 Å². The van der Waals surface area contributed by atoms with E-state index < -0.39 is 0 Å². The summed E-state index contributed by atoms with van der Waals surface area (Å²) >= 11 is 0. The van der Waals surface area contributed by atoms with E-state index >= 15 is 0 Å². The predicted molar refractivity (Wildman–Crippen MR) is 119 cm³/mol. The van der Waals surface area contributed by atoms with Crippen LogP contribution >= 0.6 is 0 Å².